The molecule has 66 valence electrons. The van der Waals surface area contributed by atoms with Gasteiger partial charge in [-0.3, -0.25) is 0 Å². The molecule has 0 aliphatic carbocycles. The summed E-state index contributed by atoms with van der Waals surface area (Å²) in [5.41, 5.74) is 6.34. The van der Waals surface area contributed by atoms with Crippen LogP contribution in [-0.2, 0) is 10.2 Å². The summed E-state index contributed by atoms with van der Waals surface area (Å²) >= 11 is 0. The zero-order valence-electron chi connectivity index (χ0n) is 7.04. The number of rotatable bonds is 2. The fraction of sp³-hybridized carbons (Fsp3) is 0.625. The third kappa shape index (κ3) is 0.845. The van der Waals surface area contributed by atoms with Crippen LogP contribution in [0.5, 0.6) is 0 Å². The van der Waals surface area contributed by atoms with Crippen molar-refractivity contribution in [3.05, 3.63) is 12.0 Å². The Morgan fingerprint density at radius 3 is 2.75 bits per heavy atom. The molecule has 12 heavy (non-hydrogen) atoms. The number of nitrogens with zero attached hydrogens (tertiary/aromatic N) is 1. The van der Waals surface area contributed by atoms with E-state index in [0.29, 0.717) is 18.9 Å². The van der Waals surface area contributed by atoms with Gasteiger partial charge in [0, 0.05) is 0 Å². The highest BCUT2D eigenvalue weighted by molar-refractivity contribution is 5.43. The zero-order chi connectivity index (χ0) is 8.60. The Hall–Kier alpha value is -1.03. The van der Waals surface area contributed by atoms with Crippen LogP contribution in [0.25, 0.3) is 0 Å². The molecule has 0 radical (unpaired) electrons. The maximum Gasteiger partial charge on any atom is 0.170 e. The topological polar surface area (TPSA) is 61.3 Å². The maximum atomic E-state index is 5.70. The number of anilines is 1. The molecule has 1 fully saturated rings. The van der Waals surface area contributed by atoms with E-state index in [9.17, 15) is 0 Å². The largest absolute Gasteiger partial charge is 0.395 e. The summed E-state index contributed by atoms with van der Waals surface area (Å²) in [6.45, 7) is 3.50. The molecule has 1 aliphatic rings. The second-order valence-electron chi connectivity index (χ2n) is 3.24. The van der Waals surface area contributed by atoms with Gasteiger partial charge in [-0.15, -0.1) is 0 Å². The molecular formula is C8H12N2O2. The molecular weight excluding hydrogens is 156 g/mol. The smallest absolute Gasteiger partial charge is 0.170 e. The van der Waals surface area contributed by atoms with Crippen LogP contribution < -0.4 is 5.73 Å². The summed E-state index contributed by atoms with van der Waals surface area (Å²) in [4.78, 5) is 0. The maximum absolute atomic E-state index is 5.70. The van der Waals surface area contributed by atoms with Crippen molar-refractivity contribution in [1.29, 1.82) is 0 Å². The summed E-state index contributed by atoms with van der Waals surface area (Å²) < 4.78 is 10.3. The SMILES string of the molecule is CCC1(c2oncc2N)COC1. The first-order valence-corrected chi connectivity index (χ1v) is 4.07. The van der Waals surface area contributed by atoms with Crippen LogP contribution in [0, 0.1) is 0 Å². The lowest BCUT2D eigenvalue weighted by molar-refractivity contribution is -0.0735. The van der Waals surface area contributed by atoms with Crippen LogP contribution >= 0.6 is 0 Å². The Morgan fingerprint density at radius 2 is 2.42 bits per heavy atom. The molecule has 2 rings (SSSR count). The van der Waals surface area contributed by atoms with Crippen molar-refractivity contribution in [2.24, 2.45) is 0 Å². The molecule has 2 N–H and O–H groups in total. The van der Waals surface area contributed by atoms with E-state index in [1.807, 2.05) is 0 Å². The molecule has 1 aromatic heterocycles. The molecule has 0 saturated carbocycles. The minimum Gasteiger partial charge on any atom is -0.395 e. The quantitative estimate of drug-likeness (QED) is 0.713. The predicted molar refractivity (Wildman–Crippen MR) is 43.7 cm³/mol. The average Bonchev–Trinajstić information content (AvgIpc) is 2.36. The lowest BCUT2D eigenvalue weighted by Crippen LogP contribution is -2.46. The van der Waals surface area contributed by atoms with Crippen molar-refractivity contribution >= 4 is 5.69 Å². The van der Waals surface area contributed by atoms with Crippen molar-refractivity contribution in [1.82, 2.24) is 5.16 Å². The Labute approximate surface area is 70.7 Å². The lowest BCUT2D eigenvalue weighted by Gasteiger charge is -2.38. The van der Waals surface area contributed by atoms with Crippen molar-refractivity contribution < 1.29 is 9.26 Å². The van der Waals surface area contributed by atoms with Crippen LogP contribution in [-0.4, -0.2) is 18.4 Å². The van der Waals surface area contributed by atoms with Crippen LogP contribution in [0.3, 0.4) is 0 Å². The zero-order valence-corrected chi connectivity index (χ0v) is 7.04. The highest BCUT2D eigenvalue weighted by Crippen LogP contribution is 2.38. The van der Waals surface area contributed by atoms with E-state index in [1.165, 1.54) is 0 Å². The lowest BCUT2D eigenvalue weighted by atomic mass is 9.80. The minimum absolute atomic E-state index is 0.000579. The molecule has 1 aliphatic heterocycles. The fourth-order valence-corrected chi connectivity index (χ4v) is 1.49. The van der Waals surface area contributed by atoms with Gasteiger partial charge in [0.15, 0.2) is 5.76 Å². The number of nitrogens with two attached hydrogens (primary N) is 1. The summed E-state index contributed by atoms with van der Waals surface area (Å²) in [7, 11) is 0. The Bertz CT molecular complexity index is 273. The Balaban J connectivity index is 2.33. The van der Waals surface area contributed by atoms with Crippen molar-refractivity contribution in [2.45, 2.75) is 18.8 Å². The highest BCUT2D eigenvalue weighted by atomic mass is 16.5. The first-order chi connectivity index (χ1) is 5.78. The Morgan fingerprint density at radius 1 is 1.67 bits per heavy atom. The molecule has 0 aromatic carbocycles. The minimum atomic E-state index is 0.000579. The van der Waals surface area contributed by atoms with Crippen LogP contribution in [0.4, 0.5) is 5.69 Å². The van der Waals surface area contributed by atoms with E-state index in [1.54, 1.807) is 6.20 Å². The second-order valence-corrected chi connectivity index (χ2v) is 3.24. The molecule has 1 saturated heterocycles. The van der Waals surface area contributed by atoms with E-state index in [-0.39, 0.29) is 5.41 Å². The summed E-state index contributed by atoms with van der Waals surface area (Å²) in [6, 6.07) is 0. The normalized spacial score (nSPS) is 20.4. The van der Waals surface area contributed by atoms with Gasteiger partial charge in [0.05, 0.1) is 30.5 Å². The van der Waals surface area contributed by atoms with Gasteiger partial charge in [-0.2, -0.15) is 0 Å². The average molecular weight is 168 g/mol. The van der Waals surface area contributed by atoms with Gasteiger partial charge in [-0.1, -0.05) is 12.1 Å². The second kappa shape index (κ2) is 2.48. The van der Waals surface area contributed by atoms with E-state index in [4.69, 9.17) is 15.0 Å². The van der Waals surface area contributed by atoms with Crippen LogP contribution in [0.15, 0.2) is 10.7 Å². The molecule has 0 atom stereocenters. The molecule has 0 unspecified atom stereocenters. The molecule has 1 aromatic rings. The molecule has 0 bridgehead atoms. The third-order valence-corrected chi connectivity index (χ3v) is 2.51. The van der Waals surface area contributed by atoms with Crippen molar-refractivity contribution in [3.63, 3.8) is 0 Å². The number of aromatic nitrogens is 1. The van der Waals surface area contributed by atoms with Gasteiger partial charge in [0.1, 0.15) is 0 Å². The first kappa shape index (κ1) is 7.61. The van der Waals surface area contributed by atoms with Gasteiger partial charge in [0.2, 0.25) is 0 Å². The standard InChI is InChI=1S/C8H12N2O2/c1-2-8(4-11-5-8)7-6(9)3-10-12-7/h3H,2,4-5,9H2,1H3. The van der Waals surface area contributed by atoms with Crippen LogP contribution in [0.1, 0.15) is 19.1 Å². The van der Waals surface area contributed by atoms with E-state index < -0.39 is 0 Å². The van der Waals surface area contributed by atoms with Crippen molar-refractivity contribution in [2.75, 3.05) is 18.9 Å². The molecule has 2 heterocycles. The first-order valence-electron chi connectivity index (χ1n) is 4.07. The molecule has 0 amide bonds. The van der Waals surface area contributed by atoms with E-state index in [2.05, 4.69) is 12.1 Å². The number of hydrogen-bond acceptors (Lipinski definition) is 4. The summed E-state index contributed by atoms with van der Waals surface area (Å²) in [6.07, 6.45) is 2.53. The van der Waals surface area contributed by atoms with Crippen molar-refractivity contribution in [3.8, 4) is 0 Å². The number of nitrogen functional groups attached to an aromatic ring is 1. The number of hydrogen-bond donors (Lipinski definition) is 1. The molecule has 4 heteroatoms. The third-order valence-electron chi connectivity index (χ3n) is 2.51. The van der Waals surface area contributed by atoms with Gasteiger partial charge < -0.3 is 15.0 Å². The van der Waals surface area contributed by atoms with Crippen LogP contribution in [0.2, 0.25) is 0 Å². The fourth-order valence-electron chi connectivity index (χ4n) is 1.49. The van der Waals surface area contributed by atoms with E-state index >= 15 is 0 Å². The van der Waals surface area contributed by atoms with Gasteiger partial charge in [0.25, 0.3) is 0 Å². The Kier molecular flexibility index (Phi) is 1.58. The predicted octanol–water partition coefficient (Wildman–Crippen LogP) is 0.935. The number of ether oxygens (including phenoxy) is 1. The van der Waals surface area contributed by atoms with Gasteiger partial charge in [-0.05, 0) is 6.42 Å². The summed E-state index contributed by atoms with van der Waals surface area (Å²) in [5, 5.41) is 3.66. The van der Waals surface area contributed by atoms with Gasteiger partial charge >= 0.3 is 0 Å². The van der Waals surface area contributed by atoms with E-state index in [0.717, 1.165) is 12.2 Å². The summed E-state index contributed by atoms with van der Waals surface area (Å²) in [5.74, 6) is 0.788. The molecule has 4 nitrogen and oxygen atoms in total. The monoisotopic (exact) mass is 168 g/mol. The molecule has 0 spiro atoms. The van der Waals surface area contributed by atoms with Gasteiger partial charge in [-0.25, -0.2) is 0 Å². The highest BCUT2D eigenvalue weighted by Gasteiger charge is 2.43.